The first-order chi connectivity index (χ1) is 13.3. The van der Waals surface area contributed by atoms with E-state index in [4.69, 9.17) is 4.74 Å². The molecule has 4 aromatic rings. The summed E-state index contributed by atoms with van der Waals surface area (Å²) in [5, 5.41) is 5.92. The van der Waals surface area contributed by atoms with Gasteiger partial charge in [0.25, 0.3) is 5.91 Å². The van der Waals surface area contributed by atoms with Crippen LogP contribution < -0.4 is 10.1 Å². The Morgan fingerprint density at radius 3 is 2.93 bits per heavy atom. The number of amides is 1. The van der Waals surface area contributed by atoms with Gasteiger partial charge in [-0.2, -0.15) is 0 Å². The molecular formula is C20H17N3O2S2. The van der Waals surface area contributed by atoms with E-state index >= 15 is 0 Å². The smallest absolute Gasteiger partial charge is 0.251 e. The Hall–Kier alpha value is -2.77. The molecule has 136 valence electrons. The Bertz CT molecular complexity index is 1010. The van der Waals surface area contributed by atoms with Crippen molar-refractivity contribution in [3.63, 3.8) is 0 Å². The predicted molar refractivity (Wildman–Crippen MR) is 109 cm³/mol. The number of thiazole rings is 2. The van der Waals surface area contributed by atoms with Crippen molar-refractivity contribution < 1.29 is 9.53 Å². The second kappa shape index (κ2) is 8.28. The van der Waals surface area contributed by atoms with Crippen LogP contribution in [-0.2, 0) is 13.0 Å². The molecule has 0 aliphatic heterocycles. The van der Waals surface area contributed by atoms with Crippen LogP contribution in [0.1, 0.15) is 21.1 Å². The molecule has 0 saturated heterocycles. The molecule has 1 N–H and O–H groups in total. The fraction of sp³-hybridized carbons (Fsp3) is 0.150. The molecule has 27 heavy (non-hydrogen) atoms. The number of carbonyl (C=O) groups is 1. The molecule has 0 spiro atoms. The summed E-state index contributed by atoms with van der Waals surface area (Å²) in [6.45, 7) is 0.939. The van der Waals surface area contributed by atoms with Crippen molar-refractivity contribution in [3.05, 3.63) is 75.7 Å². The second-order valence-electron chi connectivity index (χ2n) is 5.88. The molecule has 0 saturated carbocycles. The molecule has 2 aromatic heterocycles. The average Bonchev–Trinajstić information content (AvgIpc) is 3.35. The molecule has 1 amide bonds. The lowest BCUT2D eigenvalue weighted by molar-refractivity contribution is 0.0953. The minimum Gasteiger partial charge on any atom is -0.487 e. The number of ether oxygens (including phenoxy) is 1. The first-order valence-electron chi connectivity index (χ1n) is 8.50. The standard InChI is InChI=1S/C20H17N3O2S2/c24-20(21-9-8-19-23-17-6-1-2-7-18(17)27-19)14-4-3-5-16(10-14)25-11-15-12-26-13-22-15/h1-7,10,12-13H,8-9,11H2,(H,21,24). The molecule has 0 aliphatic carbocycles. The number of hydrogen-bond acceptors (Lipinski definition) is 6. The van der Waals surface area contributed by atoms with Crippen molar-refractivity contribution in [1.82, 2.24) is 15.3 Å². The number of rotatable bonds is 7. The quantitative estimate of drug-likeness (QED) is 0.507. The molecule has 0 fully saturated rings. The Labute approximate surface area is 164 Å². The van der Waals surface area contributed by atoms with Crippen LogP contribution in [0.4, 0.5) is 0 Å². The third kappa shape index (κ3) is 4.50. The zero-order valence-electron chi connectivity index (χ0n) is 14.4. The fourth-order valence-electron chi connectivity index (χ4n) is 2.61. The summed E-state index contributed by atoms with van der Waals surface area (Å²) in [5.41, 5.74) is 4.24. The third-order valence-corrected chi connectivity index (χ3v) is 5.66. The number of nitrogens with zero attached hydrogens (tertiary/aromatic N) is 2. The molecule has 7 heteroatoms. The predicted octanol–water partition coefficient (Wildman–Crippen LogP) is 4.30. The fourth-order valence-corrected chi connectivity index (χ4v) is 4.12. The summed E-state index contributed by atoms with van der Waals surface area (Å²) in [7, 11) is 0. The molecule has 0 aliphatic rings. The van der Waals surface area contributed by atoms with Gasteiger partial charge >= 0.3 is 0 Å². The van der Waals surface area contributed by atoms with Crippen LogP contribution in [0.3, 0.4) is 0 Å². The van der Waals surface area contributed by atoms with E-state index in [-0.39, 0.29) is 5.91 Å². The third-order valence-electron chi connectivity index (χ3n) is 3.93. The SMILES string of the molecule is O=C(NCCc1nc2ccccc2s1)c1cccc(OCc2cscn2)c1. The molecule has 0 atom stereocenters. The van der Waals surface area contributed by atoms with E-state index in [0.29, 0.717) is 30.9 Å². The highest BCUT2D eigenvalue weighted by molar-refractivity contribution is 7.18. The monoisotopic (exact) mass is 395 g/mol. The normalized spacial score (nSPS) is 10.8. The van der Waals surface area contributed by atoms with Crippen molar-refractivity contribution in [2.24, 2.45) is 0 Å². The van der Waals surface area contributed by atoms with E-state index in [1.165, 1.54) is 16.0 Å². The highest BCUT2D eigenvalue weighted by atomic mass is 32.1. The number of carbonyl (C=O) groups excluding carboxylic acids is 1. The molecule has 2 aromatic carbocycles. The lowest BCUT2D eigenvalue weighted by Crippen LogP contribution is -2.25. The van der Waals surface area contributed by atoms with Gasteiger partial charge in [-0.25, -0.2) is 9.97 Å². The Kier molecular flexibility index (Phi) is 5.41. The van der Waals surface area contributed by atoms with Crippen LogP contribution in [0.25, 0.3) is 10.2 Å². The summed E-state index contributed by atoms with van der Waals surface area (Å²) >= 11 is 3.20. The van der Waals surface area contributed by atoms with Gasteiger partial charge in [0.1, 0.15) is 12.4 Å². The molecule has 0 unspecified atom stereocenters. The number of benzene rings is 2. The van der Waals surface area contributed by atoms with Gasteiger partial charge in [0, 0.05) is 23.9 Å². The van der Waals surface area contributed by atoms with Gasteiger partial charge in [0.15, 0.2) is 0 Å². The Morgan fingerprint density at radius 2 is 2.07 bits per heavy atom. The zero-order chi connectivity index (χ0) is 18.5. The number of hydrogen-bond donors (Lipinski definition) is 1. The van der Waals surface area contributed by atoms with Crippen LogP contribution in [0.15, 0.2) is 59.4 Å². The van der Waals surface area contributed by atoms with Crippen LogP contribution in [-0.4, -0.2) is 22.4 Å². The molecule has 4 rings (SSSR count). The number of nitrogens with one attached hydrogen (secondary N) is 1. The summed E-state index contributed by atoms with van der Waals surface area (Å²) in [5.74, 6) is 0.539. The minimum atomic E-state index is -0.116. The molecule has 0 bridgehead atoms. The summed E-state index contributed by atoms with van der Waals surface area (Å²) in [6.07, 6.45) is 0.713. The van der Waals surface area contributed by atoms with E-state index in [9.17, 15) is 4.79 Å². The highest BCUT2D eigenvalue weighted by Gasteiger charge is 2.08. The van der Waals surface area contributed by atoms with Gasteiger partial charge in [-0.05, 0) is 30.3 Å². The van der Waals surface area contributed by atoms with Crippen molar-refractivity contribution >= 4 is 38.8 Å². The van der Waals surface area contributed by atoms with Crippen molar-refractivity contribution in [1.29, 1.82) is 0 Å². The maximum absolute atomic E-state index is 12.4. The first kappa shape index (κ1) is 17.6. The largest absolute Gasteiger partial charge is 0.487 e. The molecular weight excluding hydrogens is 378 g/mol. The maximum Gasteiger partial charge on any atom is 0.251 e. The van der Waals surface area contributed by atoms with E-state index in [1.54, 1.807) is 29.0 Å². The van der Waals surface area contributed by atoms with Crippen LogP contribution >= 0.6 is 22.7 Å². The van der Waals surface area contributed by atoms with Crippen LogP contribution in [0.2, 0.25) is 0 Å². The highest BCUT2D eigenvalue weighted by Crippen LogP contribution is 2.21. The molecule has 0 radical (unpaired) electrons. The Balaban J connectivity index is 1.31. The van der Waals surface area contributed by atoms with E-state index in [0.717, 1.165) is 16.2 Å². The van der Waals surface area contributed by atoms with E-state index in [1.807, 2.05) is 35.7 Å². The summed E-state index contributed by atoms with van der Waals surface area (Å²) < 4.78 is 6.87. The minimum absolute atomic E-state index is 0.116. The maximum atomic E-state index is 12.4. The first-order valence-corrected chi connectivity index (χ1v) is 10.3. The topological polar surface area (TPSA) is 64.1 Å². The van der Waals surface area contributed by atoms with Crippen LogP contribution in [0.5, 0.6) is 5.75 Å². The van der Waals surface area contributed by atoms with Crippen molar-refractivity contribution in [2.75, 3.05) is 6.54 Å². The lowest BCUT2D eigenvalue weighted by atomic mass is 10.2. The summed E-state index contributed by atoms with van der Waals surface area (Å²) in [6, 6.07) is 15.2. The average molecular weight is 396 g/mol. The Morgan fingerprint density at radius 1 is 1.15 bits per heavy atom. The van der Waals surface area contributed by atoms with Gasteiger partial charge in [0.2, 0.25) is 0 Å². The van der Waals surface area contributed by atoms with Gasteiger partial charge in [-0.3, -0.25) is 4.79 Å². The van der Waals surface area contributed by atoms with Gasteiger partial charge in [-0.1, -0.05) is 18.2 Å². The molecule has 2 heterocycles. The summed E-state index contributed by atoms with van der Waals surface area (Å²) in [4.78, 5) is 21.2. The number of aromatic nitrogens is 2. The zero-order valence-corrected chi connectivity index (χ0v) is 16.1. The van der Waals surface area contributed by atoms with Crippen molar-refractivity contribution in [3.8, 4) is 5.75 Å². The second-order valence-corrected chi connectivity index (χ2v) is 7.71. The lowest BCUT2D eigenvalue weighted by Gasteiger charge is -2.07. The van der Waals surface area contributed by atoms with Crippen LogP contribution in [0, 0.1) is 0 Å². The molecule has 5 nitrogen and oxygen atoms in total. The van der Waals surface area contributed by atoms with Crippen molar-refractivity contribution in [2.45, 2.75) is 13.0 Å². The van der Waals surface area contributed by atoms with Gasteiger partial charge < -0.3 is 10.1 Å². The number of fused-ring (bicyclic) bond motifs is 1. The number of para-hydroxylation sites is 1. The van der Waals surface area contributed by atoms with Gasteiger partial charge in [0.05, 0.1) is 26.4 Å². The van der Waals surface area contributed by atoms with Gasteiger partial charge in [-0.15, -0.1) is 22.7 Å². The van der Waals surface area contributed by atoms with E-state index < -0.39 is 0 Å². The van der Waals surface area contributed by atoms with E-state index in [2.05, 4.69) is 21.4 Å².